The molecule has 0 heterocycles. The predicted octanol–water partition coefficient (Wildman–Crippen LogP) is 3.47. The molecule has 96 valence electrons. The predicted molar refractivity (Wildman–Crippen MR) is 75.3 cm³/mol. The van der Waals surface area contributed by atoms with Crippen LogP contribution >= 0.6 is 0 Å². The molecule has 0 unspecified atom stereocenters. The molecule has 0 aliphatic carbocycles. The highest BCUT2D eigenvalue weighted by Gasteiger charge is 2.39. The fourth-order valence-corrected chi connectivity index (χ4v) is 2.43. The normalized spacial score (nSPS) is 12.7. The Morgan fingerprint density at radius 1 is 1.00 bits per heavy atom. The Hall–Kier alpha value is -2.11. The molecule has 2 nitrogen and oxygen atoms in total. The Balaban J connectivity index is 2.61. The number of benzene rings is 2. The zero-order valence-electron chi connectivity index (χ0n) is 11.0. The molecule has 0 saturated heterocycles. The van der Waals surface area contributed by atoms with Crippen molar-refractivity contribution in [3.63, 3.8) is 0 Å². The second-order valence-corrected chi connectivity index (χ2v) is 4.59. The summed E-state index contributed by atoms with van der Waals surface area (Å²) in [5.74, 6) is -0.475. The van der Waals surface area contributed by atoms with E-state index in [1.54, 1.807) is 0 Å². The van der Waals surface area contributed by atoms with E-state index in [2.05, 4.69) is 6.07 Å². The zero-order chi connectivity index (χ0) is 13.7. The summed E-state index contributed by atoms with van der Waals surface area (Å²) in [6.45, 7) is 1.92. The molecule has 1 N–H and O–H groups in total. The Kier molecular flexibility index (Phi) is 3.99. The third-order valence-electron chi connectivity index (χ3n) is 3.50. The first kappa shape index (κ1) is 13.3. The van der Waals surface area contributed by atoms with Crippen LogP contribution in [0.25, 0.3) is 0 Å². The lowest BCUT2D eigenvalue weighted by atomic mass is 9.75. The quantitative estimate of drug-likeness (QED) is 0.904. The van der Waals surface area contributed by atoms with Crippen molar-refractivity contribution < 1.29 is 5.11 Å². The highest BCUT2D eigenvalue weighted by atomic mass is 16.3. The van der Waals surface area contributed by atoms with Gasteiger partial charge in [0.2, 0.25) is 0 Å². The van der Waals surface area contributed by atoms with Gasteiger partial charge in [-0.05, 0) is 17.5 Å². The molecule has 0 aliphatic heterocycles. The Bertz CT molecular complexity index is 517. The van der Waals surface area contributed by atoms with E-state index in [-0.39, 0.29) is 0 Å². The lowest BCUT2D eigenvalue weighted by Gasteiger charge is -2.33. The highest BCUT2D eigenvalue weighted by molar-refractivity contribution is 5.38. The van der Waals surface area contributed by atoms with Crippen LogP contribution in [0.1, 0.15) is 24.5 Å². The molecule has 0 radical (unpaired) electrons. The van der Waals surface area contributed by atoms with E-state index in [0.29, 0.717) is 6.42 Å². The van der Waals surface area contributed by atoms with Crippen molar-refractivity contribution >= 4 is 0 Å². The molecule has 1 atom stereocenters. The molecule has 0 amide bonds. The average Bonchev–Trinajstić information content (AvgIpc) is 2.50. The number of aliphatic hydroxyl groups is 1. The van der Waals surface area contributed by atoms with Gasteiger partial charge in [0.05, 0.1) is 12.0 Å². The van der Waals surface area contributed by atoms with Gasteiger partial charge in [-0.2, -0.15) is 5.26 Å². The molecule has 0 aliphatic rings. The van der Waals surface area contributed by atoms with Crippen LogP contribution in [0.15, 0.2) is 60.7 Å². The molecule has 2 aromatic carbocycles. The van der Waals surface area contributed by atoms with Crippen LogP contribution in [-0.2, 0) is 5.60 Å². The summed E-state index contributed by atoms with van der Waals surface area (Å²) in [6.07, 6.45) is 0.594. The first-order chi connectivity index (χ1) is 9.23. The topological polar surface area (TPSA) is 44.0 Å². The number of rotatable bonds is 4. The Morgan fingerprint density at radius 2 is 1.42 bits per heavy atom. The maximum atomic E-state index is 11.2. The fourth-order valence-electron chi connectivity index (χ4n) is 2.43. The smallest absolute Gasteiger partial charge is 0.130 e. The molecule has 0 saturated carbocycles. The molecule has 2 aromatic rings. The van der Waals surface area contributed by atoms with Crippen molar-refractivity contribution in [3.05, 3.63) is 71.8 Å². The minimum atomic E-state index is -1.26. The lowest BCUT2D eigenvalue weighted by molar-refractivity contribution is 0.0378. The van der Waals surface area contributed by atoms with Gasteiger partial charge in [-0.25, -0.2) is 0 Å². The molecule has 0 spiro atoms. The van der Waals surface area contributed by atoms with Crippen LogP contribution in [0.2, 0.25) is 0 Å². The maximum Gasteiger partial charge on any atom is 0.130 e. The van der Waals surface area contributed by atoms with Crippen molar-refractivity contribution in [3.8, 4) is 6.07 Å². The third kappa shape index (κ3) is 2.38. The largest absolute Gasteiger partial charge is 0.379 e. The minimum absolute atomic E-state index is 0.475. The van der Waals surface area contributed by atoms with Gasteiger partial charge in [0.25, 0.3) is 0 Å². The average molecular weight is 251 g/mol. The van der Waals surface area contributed by atoms with E-state index in [1.165, 1.54) is 0 Å². The standard InChI is InChI=1S/C17H17NO/c1-2-14(13-18)17(19,15-9-5-3-6-10-15)16-11-7-4-8-12-16/h3-12,14,19H,2H2,1H3/t14-/m1/s1. The Morgan fingerprint density at radius 3 is 1.74 bits per heavy atom. The summed E-state index contributed by atoms with van der Waals surface area (Å²) < 4.78 is 0. The second kappa shape index (κ2) is 5.69. The third-order valence-corrected chi connectivity index (χ3v) is 3.50. The Labute approximate surface area is 114 Å². The summed E-state index contributed by atoms with van der Waals surface area (Å²) in [6, 6.07) is 21.1. The van der Waals surface area contributed by atoms with E-state index in [9.17, 15) is 10.4 Å². The van der Waals surface area contributed by atoms with E-state index in [1.807, 2.05) is 67.6 Å². The van der Waals surface area contributed by atoms with Gasteiger partial charge >= 0.3 is 0 Å². The molecule has 2 heteroatoms. The monoisotopic (exact) mass is 251 g/mol. The van der Waals surface area contributed by atoms with Crippen LogP contribution in [0.5, 0.6) is 0 Å². The van der Waals surface area contributed by atoms with E-state index in [4.69, 9.17) is 0 Å². The van der Waals surface area contributed by atoms with Gasteiger partial charge in [-0.3, -0.25) is 0 Å². The number of hydrogen-bond donors (Lipinski definition) is 1. The van der Waals surface area contributed by atoms with Crippen molar-refractivity contribution in [1.29, 1.82) is 5.26 Å². The number of hydrogen-bond acceptors (Lipinski definition) is 2. The molecule has 2 rings (SSSR count). The summed E-state index contributed by atoms with van der Waals surface area (Å²) in [4.78, 5) is 0. The first-order valence-electron chi connectivity index (χ1n) is 6.46. The molecule has 0 fully saturated rings. The molecular formula is C17H17NO. The van der Waals surface area contributed by atoms with Crippen molar-refractivity contribution in [2.75, 3.05) is 0 Å². The summed E-state index contributed by atoms with van der Waals surface area (Å²) in [5.41, 5.74) is 0.260. The van der Waals surface area contributed by atoms with Crippen LogP contribution in [-0.4, -0.2) is 5.11 Å². The fraction of sp³-hybridized carbons (Fsp3) is 0.235. The first-order valence-corrected chi connectivity index (χ1v) is 6.46. The highest BCUT2D eigenvalue weighted by Crippen LogP contribution is 2.38. The van der Waals surface area contributed by atoms with Gasteiger partial charge in [0, 0.05) is 0 Å². The van der Waals surface area contributed by atoms with Gasteiger partial charge in [-0.1, -0.05) is 67.6 Å². The molecule has 0 bridgehead atoms. The van der Waals surface area contributed by atoms with E-state index >= 15 is 0 Å². The lowest BCUT2D eigenvalue weighted by Crippen LogP contribution is -2.35. The maximum absolute atomic E-state index is 11.2. The van der Waals surface area contributed by atoms with Gasteiger partial charge < -0.3 is 5.11 Å². The molecule has 0 aromatic heterocycles. The van der Waals surface area contributed by atoms with E-state index in [0.717, 1.165) is 11.1 Å². The van der Waals surface area contributed by atoms with Crippen molar-refractivity contribution in [1.82, 2.24) is 0 Å². The van der Waals surface area contributed by atoms with Crippen LogP contribution < -0.4 is 0 Å². The van der Waals surface area contributed by atoms with Crippen molar-refractivity contribution in [2.45, 2.75) is 18.9 Å². The van der Waals surface area contributed by atoms with E-state index < -0.39 is 11.5 Å². The van der Waals surface area contributed by atoms with Gasteiger partial charge in [0.1, 0.15) is 5.60 Å². The number of nitriles is 1. The van der Waals surface area contributed by atoms with Crippen molar-refractivity contribution in [2.24, 2.45) is 5.92 Å². The second-order valence-electron chi connectivity index (χ2n) is 4.59. The summed E-state index contributed by atoms with van der Waals surface area (Å²) >= 11 is 0. The van der Waals surface area contributed by atoms with Gasteiger partial charge in [0.15, 0.2) is 0 Å². The van der Waals surface area contributed by atoms with Gasteiger partial charge in [-0.15, -0.1) is 0 Å². The molecular weight excluding hydrogens is 234 g/mol. The van der Waals surface area contributed by atoms with Crippen LogP contribution in [0, 0.1) is 17.2 Å². The van der Waals surface area contributed by atoms with Crippen LogP contribution in [0.4, 0.5) is 0 Å². The SMILES string of the molecule is CC[C@H](C#N)C(O)(c1ccccc1)c1ccccc1. The summed E-state index contributed by atoms with van der Waals surface area (Å²) in [7, 11) is 0. The van der Waals surface area contributed by atoms with Crippen LogP contribution in [0.3, 0.4) is 0 Å². The molecule has 19 heavy (non-hydrogen) atoms. The minimum Gasteiger partial charge on any atom is -0.379 e. The summed E-state index contributed by atoms with van der Waals surface area (Å²) in [5, 5.41) is 20.6. The zero-order valence-corrected chi connectivity index (χ0v) is 11.0. The number of nitrogens with zero attached hydrogens (tertiary/aromatic N) is 1.